The molecule has 2 aromatic carbocycles. The zero-order valence-electron chi connectivity index (χ0n) is 15.9. The molecule has 1 saturated heterocycles. The molecule has 4 nitrogen and oxygen atoms in total. The van der Waals surface area contributed by atoms with Crippen LogP contribution in [0.2, 0.25) is 5.02 Å². The van der Waals surface area contributed by atoms with Crippen molar-refractivity contribution >= 4 is 23.5 Å². The van der Waals surface area contributed by atoms with Crippen LogP contribution in [-0.4, -0.2) is 37.0 Å². The molecule has 2 unspecified atom stereocenters. The molecule has 2 fully saturated rings. The van der Waals surface area contributed by atoms with E-state index in [1.165, 1.54) is 7.11 Å². The number of benzene rings is 2. The summed E-state index contributed by atoms with van der Waals surface area (Å²) in [4.78, 5) is 27.6. The predicted octanol–water partition coefficient (Wildman–Crippen LogP) is 4.18. The first-order valence-corrected chi connectivity index (χ1v) is 10.1. The summed E-state index contributed by atoms with van der Waals surface area (Å²) < 4.78 is 5.13. The molecular weight excluding hydrogens is 374 g/mol. The van der Waals surface area contributed by atoms with Crippen LogP contribution in [0.3, 0.4) is 0 Å². The number of amides is 1. The van der Waals surface area contributed by atoms with Crippen molar-refractivity contribution in [3.8, 4) is 0 Å². The lowest BCUT2D eigenvalue weighted by Crippen LogP contribution is -2.50. The number of rotatable bonds is 4. The van der Waals surface area contributed by atoms with Crippen LogP contribution < -0.4 is 0 Å². The van der Waals surface area contributed by atoms with E-state index >= 15 is 0 Å². The molecule has 1 amide bonds. The summed E-state index contributed by atoms with van der Waals surface area (Å²) in [5, 5.41) is 0.732. The van der Waals surface area contributed by atoms with E-state index in [0.717, 1.165) is 22.6 Å². The Hall–Kier alpha value is -2.33. The van der Waals surface area contributed by atoms with Gasteiger partial charge in [-0.25, -0.2) is 0 Å². The second kappa shape index (κ2) is 7.59. The zero-order chi connectivity index (χ0) is 19.7. The number of hydrogen-bond acceptors (Lipinski definition) is 3. The van der Waals surface area contributed by atoms with Gasteiger partial charge >= 0.3 is 5.97 Å². The molecule has 1 heterocycles. The summed E-state index contributed by atoms with van der Waals surface area (Å²) in [5.41, 5.74) is 1.36. The highest BCUT2D eigenvalue weighted by Crippen LogP contribution is 2.51. The highest BCUT2D eigenvalue weighted by Gasteiger charge is 2.50. The molecule has 146 valence electrons. The number of nitrogens with zero attached hydrogens (tertiary/aromatic N) is 1. The Bertz CT molecular complexity index is 874. The van der Waals surface area contributed by atoms with Crippen LogP contribution in [0, 0.1) is 5.92 Å². The van der Waals surface area contributed by atoms with E-state index in [9.17, 15) is 9.59 Å². The van der Waals surface area contributed by atoms with Crippen molar-refractivity contribution in [3.63, 3.8) is 0 Å². The molecule has 1 aliphatic heterocycles. The van der Waals surface area contributed by atoms with Crippen molar-refractivity contribution in [1.29, 1.82) is 0 Å². The summed E-state index contributed by atoms with van der Waals surface area (Å²) in [6.45, 7) is 1.13. The van der Waals surface area contributed by atoms with E-state index < -0.39 is 5.41 Å². The normalized spacial score (nSPS) is 23.1. The molecule has 28 heavy (non-hydrogen) atoms. The molecule has 1 saturated carbocycles. The number of halogens is 1. The van der Waals surface area contributed by atoms with Gasteiger partial charge in [-0.15, -0.1) is 0 Å². The lowest BCUT2D eigenvalue weighted by Gasteiger charge is -2.40. The van der Waals surface area contributed by atoms with Crippen molar-refractivity contribution in [2.75, 3.05) is 20.2 Å². The Kier molecular flexibility index (Phi) is 5.15. The van der Waals surface area contributed by atoms with Gasteiger partial charge in [0.25, 0.3) is 0 Å². The van der Waals surface area contributed by atoms with Crippen LogP contribution in [0.25, 0.3) is 0 Å². The van der Waals surface area contributed by atoms with Gasteiger partial charge in [-0.05, 0) is 42.4 Å². The molecule has 4 rings (SSSR count). The smallest absolute Gasteiger partial charge is 0.316 e. The average molecular weight is 398 g/mol. The Balaban J connectivity index is 1.46. The largest absolute Gasteiger partial charge is 0.468 e. The molecule has 2 atom stereocenters. The summed E-state index contributed by atoms with van der Waals surface area (Å²) >= 11 is 6.29. The fourth-order valence-electron chi connectivity index (χ4n) is 4.49. The molecule has 2 aromatic rings. The molecule has 2 aliphatic rings. The fraction of sp³-hybridized carbons (Fsp3) is 0.391. The van der Waals surface area contributed by atoms with E-state index in [-0.39, 0.29) is 23.7 Å². The number of piperidine rings is 1. The van der Waals surface area contributed by atoms with E-state index in [1.807, 2.05) is 59.5 Å². The quantitative estimate of drug-likeness (QED) is 0.727. The number of carbonyl (C=O) groups excluding carboxylic acids is 2. The van der Waals surface area contributed by atoms with Gasteiger partial charge in [0.05, 0.1) is 12.5 Å². The first kappa shape index (κ1) is 19.0. The highest BCUT2D eigenvalue weighted by atomic mass is 35.5. The van der Waals surface area contributed by atoms with Gasteiger partial charge in [-0.3, -0.25) is 9.59 Å². The Morgan fingerprint density at radius 2 is 1.68 bits per heavy atom. The molecule has 5 heteroatoms. The number of hydrogen-bond donors (Lipinski definition) is 0. The summed E-state index contributed by atoms with van der Waals surface area (Å²) in [6, 6.07) is 17.5. The first-order valence-electron chi connectivity index (χ1n) is 9.74. The third kappa shape index (κ3) is 3.30. The topological polar surface area (TPSA) is 46.6 Å². The van der Waals surface area contributed by atoms with Crippen molar-refractivity contribution in [3.05, 3.63) is 70.7 Å². The summed E-state index contributed by atoms with van der Waals surface area (Å²) in [6.07, 6.45) is 2.01. The van der Waals surface area contributed by atoms with Crippen LogP contribution >= 0.6 is 11.6 Å². The molecule has 0 bridgehead atoms. The lowest BCUT2D eigenvalue weighted by molar-refractivity contribution is -0.151. The van der Waals surface area contributed by atoms with Crippen LogP contribution in [0.5, 0.6) is 0 Å². The standard InChI is InChI=1S/C23H24ClNO3/c1-28-22(27)23(16-7-3-2-4-8-16)11-13-25(14-12-23)21(26)19-15-18(19)17-9-5-6-10-20(17)24/h2-10,18-19H,11-15H2,1H3. The van der Waals surface area contributed by atoms with Gasteiger partial charge in [0, 0.05) is 24.0 Å². The summed E-state index contributed by atoms with van der Waals surface area (Å²) in [7, 11) is 1.43. The fourth-order valence-corrected chi connectivity index (χ4v) is 4.77. The van der Waals surface area contributed by atoms with Crippen LogP contribution in [0.1, 0.15) is 36.3 Å². The molecular formula is C23H24ClNO3. The number of methoxy groups -OCH3 is 1. The minimum Gasteiger partial charge on any atom is -0.468 e. The van der Waals surface area contributed by atoms with Gasteiger partial charge < -0.3 is 9.64 Å². The lowest BCUT2D eigenvalue weighted by atomic mass is 9.72. The zero-order valence-corrected chi connectivity index (χ0v) is 16.7. The van der Waals surface area contributed by atoms with Crippen molar-refractivity contribution in [1.82, 2.24) is 4.90 Å². The maximum atomic E-state index is 13.0. The second-order valence-electron chi connectivity index (χ2n) is 7.74. The molecule has 0 spiro atoms. The number of carbonyl (C=O) groups is 2. The van der Waals surface area contributed by atoms with Crippen molar-refractivity contribution < 1.29 is 14.3 Å². The molecule has 0 radical (unpaired) electrons. The Labute approximate surface area is 170 Å². The molecule has 0 aromatic heterocycles. The maximum absolute atomic E-state index is 13.0. The number of likely N-dealkylation sites (tertiary alicyclic amines) is 1. The van der Waals surface area contributed by atoms with Gasteiger partial charge in [-0.1, -0.05) is 60.1 Å². The molecule has 1 aliphatic carbocycles. The Morgan fingerprint density at radius 1 is 1.04 bits per heavy atom. The minimum absolute atomic E-state index is 0.00209. The number of ether oxygens (including phenoxy) is 1. The van der Waals surface area contributed by atoms with Gasteiger partial charge in [0.2, 0.25) is 5.91 Å². The average Bonchev–Trinajstić information content (AvgIpc) is 3.54. The second-order valence-corrected chi connectivity index (χ2v) is 8.14. The van der Waals surface area contributed by atoms with Crippen molar-refractivity contribution in [2.45, 2.75) is 30.6 Å². The van der Waals surface area contributed by atoms with Crippen LogP contribution in [-0.2, 0) is 19.7 Å². The van der Waals surface area contributed by atoms with Gasteiger partial charge in [-0.2, -0.15) is 0 Å². The van der Waals surface area contributed by atoms with Crippen LogP contribution in [0.15, 0.2) is 54.6 Å². The third-order valence-corrected chi connectivity index (χ3v) is 6.59. The maximum Gasteiger partial charge on any atom is 0.316 e. The van der Waals surface area contributed by atoms with Crippen molar-refractivity contribution in [2.24, 2.45) is 5.92 Å². The highest BCUT2D eigenvalue weighted by molar-refractivity contribution is 6.31. The minimum atomic E-state index is -0.668. The number of esters is 1. The monoisotopic (exact) mass is 397 g/mol. The van der Waals surface area contributed by atoms with E-state index in [2.05, 4.69) is 0 Å². The SMILES string of the molecule is COC(=O)C1(c2ccccc2)CCN(C(=O)C2CC2c2ccccc2Cl)CC1. The van der Waals surface area contributed by atoms with Gasteiger partial charge in [0.1, 0.15) is 0 Å². The summed E-state index contributed by atoms with van der Waals surface area (Å²) in [5.74, 6) is 0.174. The van der Waals surface area contributed by atoms with Crippen LogP contribution in [0.4, 0.5) is 0 Å². The first-order chi connectivity index (χ1) is 13.6. The van der Waals surface area contributed by atoms with E-state index in [4.69, 9.17) is 16.3 Å². The van der Waals surface area contributed by atoms with Gasteiger partial charge in [0.15, 0.2) is 0 Å². The molecule has 0 N–H and O–H groups in total. The van der Waals surface area contributed by atoms with E-state index in [1.54, 1.807) is 0 Å². The third-order valence-electron chi connectivity index (χ3n) is 6.24. The van der Waals surface area contributed by atoms with E-state index in [0.29, 0.717) is 25.9 Å². The predicted molar refractivity (Wildman–Crippen MR) is 108 cm³/mol. The Morgan fingerprint density at radius 3 is 2.32 bits per heavy atom.